The van der Waals surface area contributed by atoms with Gasteiger partial charge in [0, 0.05) is 25.5 Å². The fraction of sp³-hybridized carbons (Fsp3) is 0.400. The monoisotopic (exact) mass is 243 g/mol. The smallest absolute Gasteiger partial charge is 0.0945 e. The zero-order chi connectivity index (χ0) is 12.8. The Bertz CT molecular complexity index is 474. The maximum atomic E-state index is 4.03. The highest BCUT2D eigenvalue weighted by Gasteiger charge is 1.98. The van der Waals surface area contributed by atoms with E-state index in [0.717, 1.165) is 26.1 Å². The van der Waals surface area contributed by atoms with Gasteiger partial charge in [0.15, 0.2) is 0 Å². The summed E-state index contributed by atoms with van der Waals surface area (Å²) < 4.78 is 2.11. The molecule has 1 N–H and O–H groups in total. The molecule has 0 aliphatic heterocycles. The molecule has 3 heteroatoms. The second-order valence-corrected chi connectivity index (χ2v) is 4.76. The summed E-state index contributed by atoms with van der Waals surface area (Å²) in [6.45, 7) is 7.33. The van der Waals surface area contributed by atoms with E-state index in [4.69, 9.17) is 0 Å². The van der Waals surface area contributed by atoms with Crippen LogP contribution in [0.25, 0.3) is 0 Å². The molecular weight excluding hydrogens is 222 g/mol. The number of aromatic nitrogens is 2. The molecule has 0 unspecified atom stereocenters. The Hall–Kier alpha value is -1.61. The van der Waals surface area contributed by atoms with Crippen LogP contribution in [-0.2, 0) is 13.1 Å². The zero-order valence-electron chi connectivity index (χ0n) is 11.2. The maximum Gasteiger partial charge on any atom is 0.0945 e. The van der Waals surface area contributed by atoms with Crippen LogP contribution in [0.5, 0.6) is 0 Å². The van der Waals surface area contributed by atoms with Crippen molar-refractivity contribution in [2.75, 3.05) is 6.54 Å². The van der Waals surface area contributed by atoms with Gasteiger partial charge in [0.05, 0.1) is 6.33 Å². The van der Waals surface area contributed by atoms with Crippen molar-refractivity contribution in [1.29, 1.82) is 0 Å². The van der Waals surface area contributed by atoms with Crippen LogP contribution in [0.1, 0.15) is 23.1 Å². The van der Waals surface area contributed by atoms with Gasteiger partial charge in [-0.2, -0.15) is 0 Å². The average molecular weight is 243 g/mol. The van der Waals surface area contributed by atoms with Gasteiger partial charge in [-0.3, -0.25) is 0 Å². The lowest BCUT2D eigenvalue weighted by Crippen LogP contribution is -2.16. The summed E-state index contributed by atoms with van der Waals surface area (Å²) >= 11 is 0. The highest BCUT2D eigenvalue weighted by molar-refractivity contribution is 5.30. The zero-order valence-corrected chi connectivity index (χ0v) is 11.2. The van der Waals surface area contributed by atoms with Crippen LogP contribution in [0.2, 0.25) is 0 Å². The summed E-state index contributed by atoms with van der Waals surface area (Å²) in [7, 11) is 0. The van der Waals surface area contributed by atoms with Crippen molar-refractivity contribution in [2.45, 2.75) is 33.4 Å². The molecule has 2 aromatic rings. The first-order chi connectivity index (χ1) is 8.75. The molecule has 0 fully saturated rings. The Balaban J connectivity index is 1.69. The van der Waals surface area contributed by atoms with Crippen molar-refractivity contribution in [1.82, 2.24) is 14.9 Å². The number of nitrogens with zero attached hydrogens (tertiary/aromatic N) is 2. The molecular formula is C15H21N3. The topological polar surface area (TPSA) is 29.9 Å². The minimum atomic E-state index is 0.954. The van der Waals surface area contributed by atoms with E-state index in [2.05, 4.69) is 46.9 Å². The largest absolute Gasteiger partial charge is 0.337 e. The molecule has 0 radical (unpaired) electrons. The predicted molar refractivity (Wildman–Crippen MR) is 74.5 cm³/mol. The molecule has 1 aromatic carbocycles. The van der Waals surface area contributed by atoms with Crippen LogP contribution in [0.15, 0.2) is 36.9 Å². The summed E-state index contributed by atoms with van der Waals surface area (Å²) in [5.41, 5.74) is 4.09. The van der Waals surface area contributed by atoms with Crippen LogP contribution < -0.4 is 5.32 Å². The predicted octanol–water partition coefficient (Wildman–Crippen LogP) is 2.68. The van der Waals surface area contributed by atoms with Gasteiger partial charge in [0.2, 0.25) is 0 Å². The lowest BCUT2D eigenvalue weighted by molar-refractivity contribution is 0.580. The van der Waals surface area contributed by atoms with E-state index in [1.807, 2.05) is 18.7 Å². The minimum absolute atomic E-state index is 0.954. The first-order valence-corrected chi connectivity index (χ1v) is 6.48. The first-order valence-electron chi connectivity index (χ1n) is 6.48. The van der Waals surface area contributed by atoms with Crippen molar-refractivity contribution in [3.05, 3.63) is 53.6 Å². The quantitative estimate of drug-likeness (QED) is 0.791. The number of nitrogens with one attached hydrogen (secondary N) is 1. The number of hydrogen-bond donors (Lipinski definition) is 1. The maximum absolute atomic E-state index is 4.03. The second kappa shape index (κ2) is 6.36. The van der Waals surface area contributed by atoms with Crippen LogP contribution in [0, 0.1) is 13.8 Å². The third kappa shape index (κ3) is 3.70. The van der Waals surface area contributed by atoms with E-state index in [0.29, 0.717) is 0 Å². The second-order valence-electron chi connectivity index (χ2n) is 4.76. The Morgan fingerprint density at radius 1 is 1.28 bits per heavy atom. The van der Waals surface area contributed by atoms with Crippen molar-refractivity contribution in [3.8, 4) is 0 Å². The van der Waals surface area contributed by atoms with E-state index in [-0.39, 0.29) is 0 Å². The molecule has 0 aliphatic carbocycles. The Labute approximate surface area is 109 Å². The number of rotatable bonds is 6. The Kier molecular flexibility index (Phi) is 4.53. The first kappa shape index (κ1) is 12.8. The summed E-state index contributed by atoms with van der Waals surface area (Å²) in [5.74, 6) is 0. The van der Waals surface area contributed by atoms with Gasteiger partial charge in [0.25, 0.3) is 0 Å². The van der Waals surface area contributed by atoms with Gasteiger partial charge < -0.3 is 9.88 Å². The van der Waals surface area contributed by atoms with E-state index < -0.39 is 0 Å². The number of benzene rings is 1. The van der Waals surface area contributed by atoms with E-state index in [1.54, 1.807) is 0 Å². The molecule has 0 spiro atoms. The Morgan fingerprint density at radius 3 is 2.89 bits per heavy atom. The molecule has 0 saturated carbocycles. The standard InChI is InChI=1S/C15H21N3/c1-13-4-5-15(14(2)10-13)11-16-6-3-8-18-9-7-17-12-18/h4-5,7,9-10,12,16H,3,6,8,11H2,1-2H3. The average Bonchev–Trinajstić information content (AvgIpc) is 2.84. The fourth-order valence-electron chi connectivity index (χ4n) is 2.07. The molecule has 3 nitrogen and oxygen atoms in total. The molecule has 0 bridgehead atoms. The SMILES string of the molecule is Cc1ccc(CNCCCn2ccnc2)c(C)c1. The molecule has 2 rings (SSSR count). The molecule has 0 aliphatic rings. The third-order valence-electron chi connectivity index (χ3n) is 3.14. The Morgan fingerprint density at radius 2 is 2.17 bits per heavy atom. The molecule has 1 aromatic heterocycles. The van der Waals surface area contributed by atoms with E-state index in [9.17, 15) is 0 Å². The molecule has 0 saturated heterocycles. The van der Waals surface area contributed by atoms with Gasteiger partial charge in [-0.1, -0.05) is 23.8 Å². The summed E-state index contributed by atoms with van der Waals surface area (Å²) in [5, 5.41) is 3.49. The molecule has 0 amide bonds. The van der Waals surface area contributed by atoms with Crippen LogP contribution in [0.4, 0.5) is 0 Å². The summed E-state index contributed by atoms with van der Waals surface area (Å²) in [4.78, 5) is 4.03. The number of aryl methyl sites for hydroxylation is 3. The lowest BCUT2D eigenvalue weighted by atomic mass is 10.1. The highest BCUT2D eigenvalue weighted by Crippen LogP contribution is 2.09. The molecule has 1 heterocycles. The molecule has 18 heavy (non-hydrogen) atoms. The van der Waals surface area contributed by atoms with Crippen molar-refractivity contribution < 1.29 is 0 Å². The van der Waals surface area contributed by atoms with Gasteiger partial charge >= 0.3 is 0 Å². The van der Waals surface area contributed by atoms with Crippen LogP contribution >= 0.6 is 0 Å². The van der Waals surface area contributed by atoms with Gasteiger partial charge in [-0.15, -0.1) is 0 Å². The van der Waals surface area contributed by atoms with Gasteiger partial charge in [0.1, 0.15) is 0 Å². The fourth-order valence-corrected chi connectivity index (χ4v) is 2.07. The summed E-state index contributed by atoms with van der Waals surface area (Å²) in [6, 6.07) is 6.63. The van der Waals surface area contributed by atoms with E-state index >= 15 is 0 Å². The normalized spacial score (nSPS) is 10.8. The van der Waals surface area contributed by atoms with Crippen molar-refractivity contribution >= 4 is 0 Å². The molecule has 96 valence electrons. The van der Waals surface area contributed by atoms with E-state index in [1.165, 1.54) is 16.7 Å². The van der Waals surface area contributed by atoms with Crippen LogP contribution in [0.3, 0.4) is 0 Å². The lowest BCUT2D eigenvalue weighted by Gasteiger charge is -2.09. The highest BCUT2D eigenvalue weighted by atomic mass is 15.0. The van der Waals surface area contributed by atoms with Gasteiger partial charge in [-0.05, 0) is 37.9 Å². The number of imidazole rings is 1. The van der Waals surface area contributed by atoms with Crippen LogP contribution in [-0.4, -0.2) is 16.1 Å². The summed E-state index contributed by atoms with van der Waals surface area (Å²) in [6.07, 6.45) is 6.82. The van der Waals surface area contributed by atoms with Gasteiger partial charge in [-0.25, -0.2) is 4.98 Å². The minimum Gasteiger partial charge on any atom is -0.337 e. The third-order valence-corrected chi connectivity index (χ3v) is 3.14. The molecule has 0 atom stereocenters. The van der Waals surface area contributed by atoms with Crippen molar-refractivity contribution in [2.24, 2.45) is 0 Å². The number of hydrogen-bond acceptors (Lipinski definition) is 2. The van der Waals surface area contributed by atoms with Crippen molar-refractivity contribution in [3.63, 3.8) is 0 Å².